The molecule has 0 radical (unpaired) electrons. The number of phosphoric acid groups is 1. The highest BCUT2D eigenvalue weighted by molar-refractivity contribution is 7.45. The molecule has 0 aliphatic heterocycles. The van der Waals surface area contributed by atoms with E-state index in [1.807, 2.05) is 33.3 Å². The summed E-state index contributed by atoms with van der Waals surface area (Å²) in [5, 5.41) is 3.03. The fraction of sp³-hybridized carbons (Fsp3) is 0.771. The lowest BCUT2D eigenvalue weighted by molar-refractivity contribution is -0.870. The largest absolute Gasteiger partial charge is 0.756 e. The summed E-state index contributed by atoms with van der Waals surface area (Å²) in [5.74, 6) is -0.545. The van der Waals surface area contributed by atoms with Crippen LogP contribution in [0.1, 0.15) is 297 Å². The van der Waals surface area contributed by atoms with Gasteiger partial charge in [-0.25, -0.2) is 0 Å². The van der Waals surface area contributed by atoms with Crippen LogP contribution in [0.2, 0.25) is 0 Å². The zero-order chi connectivity index (χ0) is 58.6. The minimum Gasteiger partial charge on any atom is -0.756 e. The number of ether oxygens (including phenoxy) is 1. The third-order valence-corrected chi connectivity index (χ3v) is 15.6. The first-order chi connectivity index (χ1) is 38.9. The second-order valence-electron chi connectivity index (χ2n) is 23.6. The van der Waals surface area contributed by atoms with Crippen molar-refractivity contribution in [3.63, 3.8) is 0 Å². The number of carbonyl (C=O) groups is 2. The molecule has 9 nitrogen and oxygen atoms in total. The molecule has 0 saturated carbocycles. The van der Waals surface area contributed by atoms with Gasteiger partial charge >= 0.3 is 5.97 Å². The fourth-order valence-electron chi connectivity index (χ4n) is 9.47. The lowest BCUT2D eigenvalue weighted by Crippen LogP contribution is -2.47. The number of unbranched alkanes of at least 4 members (excludes halogenated alkanes) is 32. The first-order valence-corrected chi connectivity index (χ1v) is 34.9. The van der Waals surface area contributed by atoms with Gasteiger partial charge in [0.05, 0.1) is 33.8 Å². The van der Waals surface area contributed by atoms with E-state index < -0.39 is 26.6 Å². The molecule has 0 aromatic carbocycles. The number of hydrogen-bond acceptors (Lipinski definition) is 7. The van der Waals surface area contributed by atoms with E-state index in [9.17, 15) is 19.0 Å². The number of quaternary nitrogens is 1. The smallest absolute Gasteiger partial charge is 0.306 e. The molecule has 464 valence electrons. The first kappa shape index (κ1) is 77.2. The van der Waals surface area contributed by atoms with Crippen LogP contribution in [0.4, 0.5) is 0 Å². The number of hydrogen-bond donors (Lipinski definition) is 1. The number of amides is 1. The zero-order valence-electron chi connectivity index (χ0n) is 53.0. The molecule has 0 aromatic rings. The Morgan fingerprint density at radius 3 is 1.20 bits per heavy atom. The Hall–Kier alpha value is -2.81. The van der Waals surface area contributed by atoms with Gasteiger partial charge in [-0.15, -0.1) is 0 Å². The molecule has 0 aliphatic rings. The SMILES string of the molecule is CC/C=C\C/C=C\C/C=C\C/C=C\C/C=C\C/C=C\CCCCCCCCCCC(=O)OC(/C=C\CCCCCCCCCCC)C(COP(=O)([O-])OCC[N+](C)(C)C)NC(=O)CCCCCCCCCCCCCCCCCC. The summed E-state index contributed by atoms with van der Waals surface area (Å²) < 4.78 is 30.4. The van der Waals surface area contributed by atoms with E-state index in [-0.39, 0.29) is 24.9 Å². The molecule has 10 heteroatoms. The van der Waals surface area contributed by atoms with Gasteiger partial charge in [0.25, 0.3) is 7.82 Å². The Balaban J connectivity index is 5.08. The van der Waals surface area contributed by atoms with Crippen molar-refractivity contribution >= 4 is 19.7 Å². The Labute approximate surface area is 495 Å². The number of nitrogens with zero attached hydrogens (tertiary/aromatic N) is 1. The van der Waals surface area contributed by atoms with Crippen molar-refractivity contribution in [2.24, 2.45) is 0 Å². The average Bonchev–Trinajstić information content (AvgIpc) is 3.43. The Kier molecular flexibility index (Phi) is 57.3. The minimum atomic E-state index is -4.70. The molecule has 0 heterocycles. The molecule has 80 heavy (non-hydrogen) atoms. The third kappa shape index (κ3) is 59.8. The second-order valence-corrected chi connectivity index (χ2v) is 25.0. The van der Waals surface area contributed by atoms with Crippen LogP contribution in [0.3, 0.4) is 0 Å². The number of esters is 1. The molecule has 3 unspecified atom stereocenters. The standard InChI is InChI=1S/C70H127N2O7P/c1-7-10-13-16-19-22-25-27-29-31-32-33-34-35-36-37-38-39-40-41-43-45-48-51-54-57-60-63-70(74)79-68(61-58-55-52-49-46-24-21-18-15-12-9-3)67(66-78-80(75,76)77-65-64-72(4,5)6)71-69(73)62-59-56-53-50-47-44-42-30-28-26-23-20-17-14-11-8-2/h10,13,19,22,27,29,32-33,35-36,38-39,58,61,67-68H,7-9,11-12,14-18,20-21,23-26,28,30-31,34,37,40-57,59-60,62-66H2,1-6H3,(H-,71,73,75,76)/b13-10-,22-19-,29-27-,33-32-,36-35-,39-38-,61-58-. The van der Waals surface area contributed by atoms with Gasteiger partial charge in [0.1, 0.15) is 19.3 Å². The summed E-state index contributed by atoms with van der Waals surface area (Å²) in [4.78, 5) is 40.0. The number of likely N-dealkylation sites (N-methyl/N-ethyl adjacent to an activating group) is 1. The molecule has 0 fully saturated rings. The lowest BCUT2D eigenvalue weighted by atomic mass is 10.0. The van der Waals surface area contributed by atoms with Gasteiger partial charge in [-0.2, -0.15) is 0 Å². The summed E-state index contributed by atoms with van der Waals surface area (Å²) >= 11 is 0. The van der Waals surface area contributed by atoms with Crippen LogP contribution in [0.25, 0.3) is 0 Å². The van der Waals surface area contributed by atoms with Crippen molar-refractivity contribution in [2.75, 3.05) is 40.9 Å². The van der Waals surface area contributed by atoms with Gasteiger partial charge in [0.2, 0.25) is 5.91 Å². The molecule has 0 aliphatic carbocycles. The summed E-state index contributed by atoms with van der Waals surface area (Å²) in [5.41, 5.74) is 0. The van der Waals surface area contributed by atoms with Crippen molar-refractivity contribution in [3.05, 3.63) is 85.1 Å². The van der Waals surface area contributed by atoms with Crippen molar-refractivity contribution in [2.45, 2.75) is 309 Å². The molecular weight excluding hydrogens is 1010 g/mol. The van der Waals surface area contributed by atoms with Gasteiger partial charge in [0.15, 0.2) is 0 Å². The van der Waals surface area contributed by atoms with Gasteiger partial charge < -0.3 is 28.5 Å². The van der Waals surface area contributed by atoms with E-state index >= 15 is 0 Å². The first-order valence-electron chi connectivity index (χ1n) is 33.4. The summed E-state index contributed by atoms with van der Waals surface area (Å²) in [6.45, 7) is 6.74. The summed E-state index contributed by atoms with van der Waals surface area (Å²) in [7, 11) is 1.18. The summed E-state index contributed by atoms with van der Waals surface area (Å²) in [6, 6.07) is -0.893. The highest BCUT2D eigenvalue weighted by Gasteiger charge is 2.27. The lowest BCUT2D eigenvalue weighted by Gasteiger charge is -2.30. The van der Waals surface area contributed by atoms with Gasteiger partial charge in [-0.05, 0) is 83.1 Å². The number of carbonyl (C=O) groups excluding carboxylic acids is 2. The predicted octanol–water partition coefficient (Wildman–Crippen LogP) is 20.3. The normalized spacial score (nSPS) is 14.1. The van der Waals surface area contributed by atoms with Crippen LogP contribution < -0.4 is 10.2 Å². The summed E-state index contributed by atoms with van der Waals surface area (Å²) in [6.07, 6.45) is 78.4. The van der Waals surface area contributed by atoms with E-state index in [1.165, 1.54) is 154 Å². The van der Waals surface area contributed by atoms with E-state index in [1.54, 1.807) is 0 Å². The maximum atomic E-state index is 13.5. The molecule has 0 aromatic heterocycles. The predicted molar refractivity (Wildman–Crippen MR) is 344 cm³/mol. The quantitative estimate of drug-likeness (QED) is 0.0212. The van der Waals surface area contributed by atoms with Crippen LogP contribution >= 0.6 is 7.82 Å². The van der Waals surface area contributed by atoms with Crippen molar-refractivity contribution in [1.82, 2.24) is 5.32 Å². The van der Waals surface area contributed by atoms with Gasteiger partial charge in [-0.3, -0.25) is 14.2 Å². The number of rotatable bonds is 60. The maximum Gasteiger partial charge on any atom is 0.306 e. The second kappa shape index (κ2) is 59.4. The van der Waals surface area contributed by atoms with E-state index in [4.69, 9.17) is 13.8 Å². The molecule has 3 atom stereocenters. The maximum absolute atomic E-state index is 13.5. The van der Waals surface area contributed by atoms with Gasteiger partial charge in [-0.1, -0.05) is 286 Å². The Morgan fingerprint density at radius 1 is 0.450 bits per heavy atom. The van der Waals surface area contributed by atoms with Crippen molar-refractivity contribution in [3.8, 4) is 0 Å². The molecule has 0 rings (SSSR count). The molecule has 0 saturated heterocycles. The number of phosphoric ester groups is 1. The van der Waals surface area contributed by atoms with E-state index in [2.05, 4.69) is 99.0 Å². The van der Waals surface area contributed by atoms with E-state index in [0.29, 0.717) is 17.4 Å². The number of nitrogens with one attached hydrogen (secondary N) is 1. The van der Waals surface area contributed by atoms with E-state index in [0.717, 1.165) is 109 Å². The molecule has 0 spiro atoms. The molecule has 0 bridgehead atoms. The van der Waals surface area contributed by atoms with Crippen LogP contribution in [0.15, 0.2) is 85.1 Å². The van der Waals surface area contributed by atoms with Gasteiger partial charge in [0, 0.05) is 12.8 Å². The Bertz CT molecular complexity index is 1640. The zero-order valence-corrected chi connectivity index (χ0v) is 53.9. The fourth-order valence-corrected chi connectivity index (χ4v) is 10.2. The van der Waals surface area contributed by atoms with Crippen molar-refractivity contribution < 1.29 is 37.3 Å². The van der Waals surface area contributed by atoms with Crippen LogP contribution in [0.5, 0.6) is 0 Å². The topological polar surface area (TPSA) is 114 Å². The van der Waals surface area contributed by atoms with Crippen LogP contribution in [-0.2, 0) is 27.9 Å². The van der Waals surface area contributed by atoms with Crippen LogP contribution in [-0.4, -0.2) is 69.4 Å². The highest BCUT2D eigenvalue weighted by atomic mass is 31.2. The third-order valence-electron chi connectivity index (χ3n) is 14.6. The monoisotopic (exact) mass is 1140 g/mol. The average molecular weight is 1140 g/mol. The Morgan fingerprint density at radius 2 is 0.800 bits per heavy atom. The molecule has 1 amide bonds. The molecule has 1 N–H and O–H groups in total. The molecular formula is C70H127N2O7P. The highest BCUT2D eigenvalue weighted by Crippen LogP contribution is 2.38. The number of allylic oxidation sites excluding steroid dienone is 13. The van der Waals surface area contributed by atoms with Crippen molar-refractivity contribution in [1.29, 1.82) is 0 Å². The van der Waals surface area contributed by atoms with Crippen LogP contribution in [0, 0.1) is 0 Å². The minimum absolute atomic E-state index is 0.0251.